The van der Waals surface area contributed by atoms with Crippen molar-refractivity contribution < 1.29 is 4.79 Å². The molecule has 0 aliphatic rings. The van der Waals surface area contributed by atoms with E-state index < -0.39 is 0 Å². The number of hydrogen-bond acceptors (Lipinski definition) is 2. The molecule has 0 saturated carbocycles. The van der Waals surface area contributed by atoms with Gasteiger partial charge >= 0.3 is 0 Å². The summed E-state index contributed by atoms with van der Waals surface area (Å²) in [5.41, 5.74) is 3.90. The van der Waals surface area contributed by atoms with Crippen LogP contribution in [0.3, 0.4) is 0 Å². The van der Waals surface area contributed by atoms with Crippen LogP contribution in [0, 0.1) is 6.92 Å². The first kappa shape index (κ1) is 25.9. The Kier molecular flexibility index (Phi) is 13.3. The fourth-order valence-electron chi connectivity index (χ4n) is 2.72. The molecular weight excluding hydrogens is 360 g/mol. The molecule has 0 bridgehead atoms. The van der Waals surface area contributed by atoms with E-state index in [-0.39, 0.29) is 12.1 Å². The van der Waals surface area contributed by atoms with Gasteiger partial charge in [-0.15, -0.1) is 0 Å². The Bertz CT molecular complexity index is 862. The minimum absolute atomic E-state index is 0.120. The number of nitrogens with one attached hydrogen (secondary N) is 1. The number of allylic oxidation sites excluding steroid dienone is 4. The summed E-state index contributed by atoms with van der Waals surface area (Å²) >= 11 is 0. The highest BCUT2D eigenvalue weighted by molar-refractivity contribution is 5.73. The van der Waals surface area contributed by atoms with Crippen LogP contribution in [0.4, 0.5) is 0 Å². The zero-order valence-electron chi connectivity index (χ0n) is 18.4. The fourth-order valence-corrected chi connectivity index (χ4v) is 2.72. The lowest BCUT2D eigenvalue weighted by atomic mass is 10.0. The Morgan fingerprint density at radius 2 is 1.72 bits per heavy atom. The molecule has 1 heterocycles. The smallest absolute Gasteiger partial charge is 0.256 e. The van der Waals surface area contributed by atoms with Crippen molar-refractivity contribution in [3.05, 3.63) is 101 Å². The topological polar surface area (TPSA) is 51.1 Å². The summed E-state index contributed by atoms with van der Waals surface area (Å²) in [6.07, 6.45) is 5.80. The van der Waals surface area contributed by atoms with Gasteiger partial charge in [-0.1, -0.05) is 89.4 Å². The highest BCUT2D eigenvalue weighted by Crippen LogP contribution is 2.19. The van der Waals surface area contributed by atoms with E-state index in [4.69, 9.17) is 0 Å². The second-order valence-electron chi connectivity index (χ2n) is 5.63. The predicted octanol–water partition coefficient (Wildman–Crippen LogP) is 5.26. The maximum absolute atomic E-state index is 13.1. The Morgan fingerprint density at radius 3 is 2.24 bits per heavy atom. The Hall–Kier alpha value is -3.14. The van der Waals surface area contributed by atoms with Crippen LogP contribution in [0.15, 0.2) is 72.6 Å². The number of pyridine rings is 1. The van der Waals surface area contributed by atoms with Gasteiger partial charge in [-0.3, -0.25) is 9.59 Å². The average Bonchev–Trinajstić information content (AvgIpc) is 2.77. The lowest BCUT2D eigenvalue weighted by Gasteiger charge is -2.17. The molecule has 1 aromatic heterocycles. The van der Waals surface area contributed by atoms with Crippen molar-refractivity contribution in [1.82, 2.24) is 9.88 Å². The van der Waals surface area contributed by atoms with Crippen LogP contribution in [0.5, 0.6) is 0 Å². The van der Waals surface area contributed by atoms with E-state index in [0.717, 1.165) is 22.4 Å². The Morgan fingerprint density at radius 1 is 1.10 bits per heavy atom. The second-order valence-corrected chi connectivity index (χ2v) is 5.63. The molecule has 0 unspecified atom stereocenters. The molecule has 0 aliphatic heterocycles. The van der Waals surface area contributed by atoms with Gasteiger partial charge in [-0.05, 0) is 29.7 Å². The van der Waals surface area contributed by atoms with Crippen molar-refractivity contribution >= 4 is 12.0 Å². The maximum atomic E-state index is 13.1. The lowest BCUT2D eigenvalue weighted by Crippen LogP contribution is -2.30. The SMILES string of the molecule is C=C/C=C(\C=C)c1cc(C)c(CNC=O)c(=O)n1Cc1ccccc1.CC.CC. The van der Waals surface area contributed by atoms with Gasteiger partial charge in [0.2, 0.25) is 6.41 Å². The molecule has 1 aromatic carbocycles. The molecule has 0 aliphatic carbocycles. The second kappa shape index (κ2) is 14.9. The number of nitrogens with zero attached hydrogens (tertiary/aromatic N) is 1. The first-order valence-corrected chi connectivity index (χ1v) is 10.0. The minimum atomic E-state index is -0.120. The number of carbonyl (C=O) groups excluding carboxylic acids is 1. The van der Waals surface area contributed by atoms with Gasteiger partial charge in [0.05, 0.1) is 12.2 Å². The normalized spacial score (nSPS) is 9.90. The molecular formula is C25H34N2O2. The Balaban J connectivity index is 0.00000184. The van der Waals surface area contributed by atoms with Gasteiger partial charge in [0.1, 0.15) is 0 Å². The van der Waals surface area contributed by atoms with E-state index in [2.05, 4.69) is 18.5 Å². The van der Waals surface area contributed by atoms with E-state index in [1.54, 1.807) is 16.7 Å². The van der Waals surface area contributed by atoms with E-state index in [1.165, 1.54) is 0 Å². The molecule has 29 heavy (non-hydrogen) atoms. The molecule has 0 spiro atoms. The predicted molar refractivity (Wildman–Crippen MR) is 125 cm³/mol. The molecule has 1 amide bonds. The molecule has 2 aromatic rings. The summed E-state index contributed by atoms with van der Waals surface area (Å²) < 4.78 is 1.71. The Labute approximate surface area is 175 Å². The third kappa shape index (κ3) is 7.41. The van der Waals surface area contributed by atoms with Crippen LogP contribution in [0.25, 0.3) is 5.57 Å². The van der Waals surface area contributed by atoms with Crippen LogP contribution >= 0.6 is 0 Å². The molecule has 4 heteroatoms. The number of aromatic nitrogens is 1. The van der Waals surface area contributed by atoms with Crippen LogP contribution in [0.1, 0.15) is 50.1 Å². The largest absolute Gasteiger partial charge is 0.354 e. The molecule has 2 rings (SSSR count). The first-order chi connectivity index (χ1) is 14.1. The molecule has 0 atom stereocenters. The fraction of sp³-hybridized carbons (Fsp3) is 0.280. The molecule has 0 fully saturated rings. The minimum Gasteiger partial charge on any atom is -0.354 e. The van der Waals surface area contributed by atoms with Crippen molar-refractivity contribution in [3.8, 4) is 0 Å². The van der Waals surface area contributed by atoms with Crippen molar-refractivity contribution in [2.45, 2.75) is 47.7 Å². The number of benzene rings is 1. The monoisotopic (exact) mass is 394 g/mol. The number of carbonyl (C=O) groups is 1. The quantitative estimate of drug-likeness (QED) is 0.490. The third-order valence-electron chi connectivity index (χ3n) is 3.98. The summed E-state index contributed by atoms with van der Waals surface area (Å²) in [4.78, 5) is 23.7. The standard InChI is InChI=1S/C21H22N2O2.2C2H6/c1-4-9-18(5-2)20-12-16(3)19(13-22-15-24)21(25)23(20)14-17-10-7-6-8-11-17;2*1-2/h4-12,15H,1-2,13-14H2,3H3,(H,22,24);2*1-2H3/b18-9+;;. The average molecular weight is 395 g/mol. The van der Waals surface area contributed by atoms with Gasteiger partial charge < -0.3 is 9.88 Å². The number of hydrogen-bond donors (Lipinski definition) is 1. The van der Waals surface area contributed by atoms with Crippen LogP contribution in [0.2, 0.25) is 0 Å². The van der Waals surface area contributed by atoms with E-state index >= 15 is 0 Å². The summed E-state index contributed by atoms with van der Waals surface area (Å²) in [7, 11) is 0. The molecule has 4 nitrogen and oxygen atoms in total. The van der Waals surface area contributed by atoms with Crippen molar-refractivity contribution in [1.29, 1.82) is 0 Å². The van der Waals surface area contributed by atoms with Crippen molar-refractivity contribution in [2.24, 2.45) is 0 Å². The molecule has 156 valence electrons. The molecule has 0 radical (unpaired) electrons. The third-order valence-corrected chi connectivity index (χ3v) is 3.98. The lowest BCUT2D eigenvalue weighted by molar-refractivity contribution is -0.109. The molecule has 1 N–H and O–H groups in total. The van der Waals surface area contributed by atoms with Crippen molar-refractivity contribution in [3.63, 3.8) is 0 Å². The van der Waals surface area contributed by atoms with Gasteiger partial charge in [-0.25, -0.2) is 0 Å². The van der Waals surface area contributed by atoms with Crippen molar-refractivity contribution in [2.75, 3.05) is 0 Å². The summed E-state index contributed by atoms with van der Waals surface area (Å²) in [6, 6.07) is 11.7. The summed E-state index contributed by atoms with van der Waals surface area (Å²) in [6.45, 7) is 18.1. The number of amides is 1. The molecule has 0 saturated heterocycles. The zero-order valence-corrected chi connectivity index (χ0v) is 18.4. The first-order valence-electron chi connectivity index (χ1n) is 10.0. The zero-order chi connectivity index (χ0) is 22.2. The van der Waals surface area contributed by atoms with E-state index in [1.807, 2.05) is 77.1 Å². The summed E-state index contributed by atoms with van der Waals surface area (Å²) in [5, 5.41) is 2.58. The van der Waals surface area contributed by atoms with E-state index in [9.17, 15) is 9.59 Å². The van der Waals surface area contributed by atoms with Crippen LogP contribution in [-0.2, 0) is 17.9 Å². The van der Waals surface area contributed by atoms with E-state index in [0.29, 0.717) is 18.5 Å². The maximum Gasteiger partial charge on any atom is 0.256 e. The number of aryl methyl sites for hydroxylation is 1. The summed E-state index contributed by atoms with van der Waals surface area (Å²) in [5.74, 6) is 0. The number of rotatable bonds is 8. The van der Waals surface area contributed by atoms with Crippen LogP contribution < -0.4 is 10.9 Å². The van der Waals surface area contributed by atoms with Gasteiger partial charge in [0, 0.05) is 12.1 Å². The van der Waals surface area contributed by atoms with Gasteiger partial charge in [0.25, 0.3) is 5.56 Å². The van der Waals surface area contributed by atoms with Crippen LogP contribution in [-0.4, -0.2) is 11.0 Å². The van der Waals surface area contributed by atoms with Gasteiger partial charge in [0.15, 0.2) is 0 Å². The highest BCUT2D eigenvalue weighted by atomic mass is 16.1. The van der Waals surface area contributed by atoms with Gasteiger partial charge in [-0.2, -0.15) is 0 Å². The highest BCUT2D eigenvalue weighted by Gasteiger charge is 2.14.